The van der Waals surface area contributed by atoms with Crippen molar-refractivity contribution in [1.82, 2.24) is 25.9 Å². The number of nitrogens with two attached hydrogens (primary N) is 2. The van der Waals surface area contributed by atoms with Crippen LogP contribution in [-0.4, -0.2) is 142 Å². The second-order valence-electron chi connectivity index (χ2n) is 15.4. The van der Waals surface area contributed by atoms with Gasteiger partial charge in [0.05, 0.1) is 74.0 Å². The van der Waals surface area contributed by atoms with Gasteiger partial charge in [0, 0.05) is 49.2 Å². The van der Waals surface area contributed by atoms with Gasteiger partial charge in [-0.05, 0) is 30.7 Å². The van der Waals surface area contributed by atoms with Crippen molar-refractivity contribution in [3.05, 3.63) is 47.4 Å². The van der Waals surface area contributed by atoms with Crippen molar-refractivity contribution in [3.63, 3.8) is 0 Å². The van der Waals surface area contributed by atoms with Crippen LogP contribution in [0, 0.1) is 17.8 Å². The number of hydrogen-bond acceptors (Lipinski definition) is 19. The molecule has 0 fully saturated rings. The number of amidine groups is 1. The third-order valence-corrected chi connectivity index (χ3v) is 10.5. The minimum absolute atomic E-state index is 0.0804. The number of fused-ring (bicyclic) bond motifs is 1. The molecule has 26 nitrogen and oxygen atoms in total. The van der Waals surface area contributed by atoms with Gasteiger partial charge < -0.3 is 58.3 Å². The summed E-state index contributed by atoms with van der Waals surface area (Å²) in [6, 6.07) is 0.605. The summed E-state index contributed by atoms with van der Waals surface area (Å²) in [6.45, 7) is -0.397. The molecule has 3 rings (SSSR count). The molecular formula is C41H49N9O17S. The number of carboxylic acids is 5. The average Bonchev–Trinajstić information content (AvgIpc) is 3.26. The van der Waals surface area contributed by atoms with E-state index >= 15 is 0 Å². The summed E-state index contributed by atoms with van der Waals surface area (Å²) in [6.07, 6.45) is -5.52. The molecule has 13 N–H and O–H groups in total. The van der Waals surface area contributed by atoms with Crippen LogP contribution in [0.4, 0.5) is 11.5 Å². The van der Waals surface area contributed by atoms with E-state index in [1.165, 1.54) is 30.5 Å². The SMILES string of the molecule is NC[C@H](CC(=O)[C@H](CC(=O)O)NC(=O)[C@H](CC(=O)O)CC(=O)[C@H](CC(=O)O)NC(=O)CC[C@H](CC(=O)c1ccc(NCc2cnc3c(n2)C(=O)CC(N)=N3)cc1)C(=O)O)C(=O)N[C@@H](CS)C(=O)O. The molecule has 366 valence electrons. The Morgan fingerprint density at radius 1 is 0.691 bits per heavy atom. The fraction of sp³-hybridized carbons (Fsp3) is 0.439. The van der Waals surface area contributed by atoms with Gasteiger partial charge in [-0.2, -0.15) is 12.6 Å². The van der Waals surface area contributed by atoms with Gasteiger partial charge in [0.2, 0.25) is 17.7 Å². The highest BCUT2D eigenvalue weighted by molar-refractivity contribution is 7.80. The van der Waals surface area contributed by atoms with Crippen LogP contribution in [0.3, 0.4) is 0 Å². The lowest BCUT2D eigenvalue weighted by Gasteiger charge is -2.23. The molecule has 0 saturated carbocycles. The van der Waals surface area contributed by atoms with E-state index in [1.54, 1.807) is 0 Å². The minimum Gasteiger partial charge on any atom is -0.481 e. The first kappa shape index (κ1) is 54.7. The summed E-state index contributed by atoms with van der Waals surface area (Å²) in [5, 5.41) is 56.8. The molecule has 6 atom stereocenters. The van der Waals surface area contributed by atoms with E-state index in [4.69, 9.17) is 11.5 Å². The Labute approximate surface area is 390 Å². The van der Waals surface area contributed by atoms with Crippen molar-refractivity contribution in [3.8, 4) is 0 Å². The molecular weight excluding hydrogens is 923 g/mol. The third-order valence-electron chi connectivity index (χ3n) is 10.2. The second kappa shape index (κ2) is 25.9. The normalized spacial score (nSPS) is 14.5. The van der Waals surface area contributed by atoms with E-state index in [2.05, 4.69) is 43.5 Å². The van der Waals surface area contributed by atoms with Crippen LogP contribution in [0.5, 0.6) is 0 Å². The molecule has 0 radical (unpaired) electrons. The number of nitrogens with one attached hydrogen (secondary N) is 4. The van der Waals surface area contributed by atoms with Gasteiger partial charge in [-0.25, -0.2) is 19.8 Å². The topological polar surface area (TPSA) is 444 Å². The molecule has 68 heavy (non-hydrogen) atoms. The average molecular weight is 972 g/mol. The fourth-order valence-corrected chi connectivity index (χ4v) is 6.76. The van der Waals surface area contributed by atoms with E-state index in [-0.39, 0.29) is 47.4 Å². The monoisotopic (exact) mass is 971 g/mol. The van der Waals surface area contributed by atoms with Crippen molar-refractivity contribution in [2.45, 2.75) is 82.5 Å². The van der Waals surface area contributed by atoms with Crippen molar-refractivity contribution in [1.29, 1.82) is 0 Å². The molecule has 0 spiro atoms. The Morgan fingerprint density at radius 2 is 1.25 bits per heavy atom. The Morgan fingerprint density at radius 3 is 1.79 bits per heavy atom. The number of anilines is 1. The maximum Gasteiger partial charge on any atom is 0.327 e. The minimum atomic E-state index is -1.92. The van der Waals surface area contributed by atoms with Gasteiger partial charge in [-0.3, -0.25) is 52.7 Å². The lowest BCUT2D eigenvalue weighted by molar-refractivity contribution is -0.145. The number of benzene rings is 1. The Balaban J connectivity index is 1.63. The summed E-state index contributed by atoms with van der Waals surface area (Å²) in [5.41, 5.74) is 12.4. The summed E-state index contributed by atoms with van der Waals surface area (Å²) < 4.78 is 0. The van der Waals surface area contributed by atoms with Gasteiger partial charge in [-0.15, -0.1) is 0 Å². The van der Waals surface area contributed by atoms with Gasteiger partial charge in [0.15, 0.2) is 34.6 Å². The van der Waals surface area contributed by atoms with Gasteiger partial charge >= 0.3 is 29.8 Å². The number of aromatic nitrogens is 2. The molecule has 2 aromatic rings. The fourth-order valence-electron chi connectivity index (χ4n) is 6.52. The summed E-state index contributed by atoms with van der Waals surface area (Å²) >= 11 is 3.82. The summed E-state index contributed by atoms with van der Waals surface area (Å²) in [4.78, 5) is 162. The van der Waals surface area contributed by atoms with E-state index in [9.17, 15) is 83.1 Å². The predicted molar refractivity (Wildman–Crippen MR) is 235 cm³/mol. The number of ketones is 4. The molecule has 3 amide bonds. The highest BCUT2D eigenvalue weighted by atomic mass is 32.1. The van der Waals surface area contributed by atoms with Crippen LogP contribution in [-0.2, 0) is 54.5 Å². The number of aliphatic imine (C=N–C) groups is 1. The largest absolute Gasteiger partial charge is 0.481 e. The van der Waals surface area contributed by atoms with Crippen molar-refractivity contribution >= 4 is 101 Å². The number of carbonyl (C=O) groups excluding carboxylic acids is 7. The number of carboxylic acid groups (broad SMARTS) is 5. The van der Waals surface area contributed by atoms with Crippen LogP contribution < -0.4 is 32.7 Å². The molecule has 0 saturated heterocycles. The molecule has 27 heteroatoms. The lowest BCUT2D eigenvalue weighted by Crippen LogP contribution is -2.50. The Bertz CT molecular complexity index is 2340. The number of nitrogens with zero attached hydrogens (tertiary/aromatic N) is 3. The first-order chi connectivity index (χ1) is 32.0. The number of aliphatic carboxylic acids is 5. The smallest absolute Gasteiger partial charge is 0.327 e. The molecule has 1 aliphatic rings. The van der Waals surface area contributed by atoms with Crippen molar-refractivity contribution in [2.75, 3.05) is 17.6 Å². The number of amides is 3. The zero-order valence-electron chi connectivity index (χ0n) is 35.9. The molecule has 0 aliphatic carbocycles. The van der Waals surface area contributed by atoms with Crippen LogP contribution in [0.15, 0.2) is 35.5 Å². The molecule has 1 aliphatic heterocycles. The van der Waals surface area contributed by atoms with E-state index < -0.39 is 159 Å². The standard InChI is InChI=1S/C41H49N9O17S/c42-14-21(39(63)49-26(17-68)41(66)67)9-29(53)25(12-35(60)61)48-38(62)20(10-33(56)57)8-28(52)24(11-34(58)59)47-32(55)6-3-19(40(64)65)7-27(51)18-1-4-22(5-2-18)44-15-23-16-45-37-36(46-23)30(54)13-31(43)50-37/h1-2,4-5,16,19-21,24-26,44,68H,3,6-15,17,42H2,(H,47,55)(H,48,62)(H,49,63)(H,56,57)(H,58,59)(H,60,61)(H,64,65)(H,66,67)(H2,43,45,50)/t19-,20+,21+,24+,25+,26+/m1/s1. The van der Waals surface area contributed by atoms with Gasteiger partial charge in [0.25, 0.3) is 0 Å². The van der Waals surface area contributed by atoms with Crippen LogP contribution in [0.2, 0.25) is 0 Å². The first-order valence-electron chi connectivity index (χ1n) is 20.5. The summed E-state index contributed by atoms with van der Waals surface area (Å²) in [7, 11) is 0. The maximum absolute atomic E-state index is 13.4. The van der Waals surface area contributed by atoms with Gasteiger partial charge in [-0.1, -0.05) is 0 Å². The number of carbonyl (C=O) groups is 12. The predicted octanol–water partition coefficient (Wildman–Crippen LogP) is -1.28. The number of Topliss-reactive ketones (excluding diaryl/α,β-unsaturated/α-hetero) is 4. The number of hydrogen-bond donors (Lipinski definition) is 12. The van der Waals surface area contributed by atoms with Gasteiger partial charge in [0.1, 0.15) is 11.9 Å². The van der Waals surface area contributed by atoms with Crippen LogP contribution >= 0.6 is 12.6 Å². The molecule has 1 aromatic carbocycles. The molecule has 0 bridgehead atoms. The highest BCUT2D eigenvalue weighted by Gasteiger charge is 2.35. The number of rotatable bonds is 30. The molecule has 1 aromatic heterocycles. The van der Waals surface area contributed by atoms with E-state index in [0.717, 1.165) is 0 Å². The lowest BCUT2D eigenvalue weighted by atomic mass is 9.91. The van der Waals surface area contributed by atoms with Crippen LogP contribution in [0.1, 0.15) is 84.3 Å². The van der Waals surface area contributed by atoms with E-state index in [0.29, 0.717) is 11.4 Å². The van der Waals surface area contributed by atoms with Crippen molar-refractivity contribution in [2.24, 2.45) is 34.2 Å². The third kappa shape index (κ3) is 17.3. The molecule has 0 unspecified atom stereocenters. The zero-order chi connectivity index (χ0) is 50.8. The quantitative estimate of drug-likeness (QED) is 0.0320. The first-order valence-corrected chi connectivity index (χ1v) is 21.1. The Kier molecular flexibility index (Phi) is 20.8. The van der Waals surface area contributed by atoms with Crippen molar-refractivity contribution < 1.29 is 83.1 Å². The second-order valence-corrected chi connectivity index (χ2v) is 15.8. The molecule has 2 heterocycles. The zero-order valence-corrected chi connectivity index (χ0v) is 36.8. The maximum atomic E-state index is 13.4. The van der Waals surface area contributed by atoms with Crippen LogP contribution in [0.25, 0.3) is 0 Å². The summed E-state index contributed by atoms with van der Waals surface area (Å²) in [5.74, 6) is -19.3. The highest BCUT2D eigenvalue weighted by Crippen LogP contribution is 2.22. The number of thiol groups is 1. The van der Waals surface area contributed by atoms with E-state index in [1.807, 2.05) is 5.32 Å². The Hall–Kier alpha value is -7.68.